The molecule has 0 aromatic carbocycles. The van der Waals surface area contributed by atoms with Crippen LogP contribution in [0, 0.1) is 0 Å². The molecule has 0 saturated carbocycles. The van der Waals surface area contributed by atoms with E-state index in [1.807, 2.05) is 0 Å². The normalized spacial score (nSPS) is 15.8. The van der Waals surface area contributed by atoms with E-state index in [-0.39, 0.29) is 18.4 Å². The highest BCUT2D eigenvalue weighted by atomic mass is 16.2. The minimum Gasteiger partial charge on any atom is -0.347 e. The van der Waals surface area contributed by atoms with Crippen molar-refractivity contribution in [3.63, 3.8) is 0 Å². The summed E-state index contributed by atoms with van der Waals surface area (Å²) in [5.41, 5.74) is 0.741. The highest BCUT2D eigenvalue weighted by molar-refractivity contribution is 6.12. The maximum atomic E-state index is 11.1. The number of nitrogens with zero attached hydrogens (tertiary/aromatic N) is 2. The standard InChI is InChI=1S/C8H7N3O2/c12-7-1-2-8(13)11(7)4-6-3-9-5-10-6/h1-3,5H,4H2,(H,9,10). The molecule has 66 valence electrons. The summed E-state index contributed by atoms with van der Waals surface area (Å²) in [6.07, 6.45) is 5.62. The Morgan fingerprint density at radius 3 is 2.54 bits per heavy atom. The van der Waals surface area contributed by atoms with Gasteiger partial charge in [-0.15, -0.1) is 0 Å². The molecule has 13 heavy (non-hydrogen) atoms. The van der Waals surface area contributed by atoms with Crippen molar-refractivity contribution in [3.05, 3.63) is 30.4 Å². The van der Waals surface area contributed by atoms with Gasteiger partial charge in [0.25, 0.3) is 11.8 Å². The molecule has 1 aromatic heterocycles. The van der Waals surface area contributed by atoms with Crippen molar-refractivity contribution in [2.75, 3.05) is 0 Å². The van der Waals surface area contributed by atoms with Crippen LogP contribution in [-0.2, 0) is 16.1 Å². The molecule has 5 heteroatoms. The Labute approximate surface area is 74.1 Å². The van der Waals surface area contributed by atoms with Crippen LogP contribution < -0.4 is 0 Å². The number of H-pyrrole nitrogens is 1. The first-order valence-electron chi connectivity index (χ1n) is 3.78. The fourth-order valence-corrected chi connectivity index (χ4v) is 1.13. The van der Waals surface area contributed by atoms with Crippen LogP contribution in [0.2, 0.25) is 0 Å². The van der Waals surface area contributed by atoms with Crippen LogP contribution in [0.1, 0.15) is 5.69 Å². The summed E-state index contributed by atoms with van der Waals surface area (Å²) in [7, 11) is 0. The van der Waals surface area contributed by atoms with E-state index in [1.165, 1.54) is 18.5 Å². The number of hydrogen-bond donors (Lipinski definition) is 1. The molecule has 2 rings (SSSR count). The van der Waals surface area contributed by atoms with Gasteiger partial charge in [-0.2, -0.15) is 0 Å². The number of nitrogens with one attached hydrogen (secondary N) is 1. The highest BCUT2D eigenvalue weighted by Gasteiger charge is 2.23. The van der Waals surface area contributed by atoms with Crippen LogP contribution in [0.4, 0.5) is 0 Å². The number of rotatable bonds is 2. The van der Waals surface area contributed by atoms with E-state index in [4.69, 9.17) is 0 Å². The predicted octanol–water partition coefficient (Wildman–Crippen LogP) is -0.165. The third-order valence-corrected chi connectivity index (χ3v) is 1.78. The van der Waals surface area contributed by atoms with Gasteiger partial charge in [0.2, 0.25) is 0 Å². The highest BCUT2D eigenvalue weighted by Crippen LogP contribution is 2.07. The molecule has 1 aromatic rings. The number of carbonyl (C=O) groups excluding carboxylic acids is 2. The SMILES string of the molecule is O=C1C=CC(=O)N1Cc1cnc[nH]1. The zero-order valence-electron chi connectivity index (χ0n) is 6.73. The van der Waals surface area contributed by atoms with Crippen LogP contribution in [-0.4, -0.2) is 26.7 Å². The van der Waals surface area contributed by atoms with E-state index in [0.29, 0.717) is 0 Å². The maximum absolute atomic E-state index is 11.1. The van der Waals surface area contributed by atoms with Crippen LogP contribution in [0.15, 0.2) is 24.7 Å². The van der Waals surface area contributed by atoms with Gasteiger partial charge >= 0.3 is 0 Å². The van der Waals surface area contributed by atoms with Crippen LogP contribution in [0.25, 0.3) is 0 Å². The third-order valence-electron chi connectivity index (χ3n) is 1.78. The molecule has 0 bridgehead atoms. The number of aromatic amines is 1. The summed E-state index contributed by atoms with van der Waals surface area (Å²) in [4.78, 5) is 29.9. The van der Waals surface area contributed by atoms with Crippen molar-refractivity contribution < 1.29 is 9.59 Å². The number of hydrogen-bond acceptors (Lipinski definition) is 3. The molecular weight excluding hydrogens is 170 g/mol. The Kier molecular flexibility index (Phi) is 1.70. The van der Waals surface area contributed by atoms with Crippen LogP contribution in [0.5, 0.6) is 0 Å². The van der Waals surface area contributed by atoms with Crippen LogP contribution in [0.3, 0.4) is 0 Å². The Morgan fingerprint density at radius 2 is 2.00 bits per heavy atom. The minimum absolute atomic E-state index is 0.255. The summed E-state index contributed by atoms with van der Waals surface area (Å²) >= 11 is 0. The van der Waals surface area contributed by atoms with E-state index >= 15 is 0 Å². The Morgan fingerprint density at radius 1 is 1.31 bits per heavy atom. The second-order valence-corrected chi connectivity index (χ2v) is 2.67. The van der Waals surface area contributed by atoms with E-state index in [1.54, 1.807) is 6.20 Å². The smallest absolute Gasteiger partial charge is 0.253 e. The van der Waals surface area contributed by atoms with Crippen LogP contribution >= 0.6 is 0 Å². The Balaban J connectivity index is 2.11. The molecule has 5 nitrogen and oxygen atoms in total. The fourth-order valence-electron chi connectivity index (χ4n) is 1.13. The van der Waals surface area contributed by atoms with E-state index in [9.17, 15) is 9.59 Å². The van der Waals surface area contributed by atoms with Gasteiger partial charge in [-0.05, 0) is 0 Å². The maximum Gasteiger partial charge on any atom is 0.253 e. The van der Waals surface area contributed by atoms with Gasteiger partial charge in [-0.25, -0.2) is 4.98 Å². The third kappa shape index (κ3) is 1.35. The predicted molar refractivity (Wildman–Crippen MR) is 43.3 cm³/mol. The molecule has 0 atom stereocenters. The molecule has 1 N–H and O–H groups in total. The topological polar surface area (TPSA) is 66.1 Å². The molecular formula is C8H7N3O2. The molecule has 0 spiro atoms. The number of imidazole rings is 1. The molecule has 0 aliphatic carbocycles. The molecule has 1 aliphatic rings. The molecule has 2 amide bonds. The number of carbonyl (C=O) groups is 2. The van der Waals surface area contributed by atoms with Crippen molar-refractivity contribution >= 4 is 11.8 Å². The molecule has 0 unspecified atom stereocenters. The van der Waals surface area contributed by atoms with Crippen molar-refractivity contribution in [2.24, 2.45) is 0 Å². The summed E-state index contributed by atoms with van der Waals surface area (Å²) in [6, 6.07) is 0. The average molecular weight is 177 g/mol. The number of amides is 2. The molecule has 0 saturated heterocycles. The van der Waals surface area contributed by atoms with Gasteiger partial charge in [-0.1, -0.05) is 0 Å². The van der Waals surface area contributed by atoms with Gasteiger partial charge in [0, 0.05) is 18.3 Å². The van der Waals surface area contributed by atoms with Crippen molar-refractivity contribution in [2.45, 2.75) is 6.54 Å². The van der Waals surface area contributed by atoms with Gasteiger partial charge in [-0.3, -0.25) is 14.5 Å². The fraction of sp³-hybridized carbons (Fsp3) is 0.125. The Bertz CT molecular complexity index is 349. The van der Waals surface area contributed by atoms with E-state index in [2.05, 4.69) is 9.97 Å². The number of imide groups is 1. The molecule has 1 aliphatic heterocycles. The lowest BCUT2D eigenvalue weighted by Crippen LogP contribution is -2.29. The van der Waals surface area contributed by atoms with E-state index in [0.717, 1.165) is 10.6 Å². The first-order valence-corrected chi connectivity index (χ1v) is 3.78. The van der Waals surface area contributed by atoms with Gasteiger partial charge < -0.3 is 4.98 Å². The van der Waals surface area contributed by atoms with Crippen molar-refractivity contribution in [3.8, 4) is 0 Å². The summed E-state index contributed by atoms with van der Waals surface area (Å²) in [5, 5.41) is 0. The first-order chi connectivity index (χ1) is 6.27. The van der Waals surface area contributed by atoms with Gasteiger partial charge in [0.05, 0.1) is 18.6 Å². The van der Waals surface area contributed by atoms with Crippen molar-refractivity contribution in [1.82, 2.24) is 14.9 Å². The molecule has 0 radical (unpaired) electrons. The zero-order valence-corrected chi connectivity index (χ0v) is 6.73. The number of aromatic nitrogens is 2. The second kappa shape index (κ2) is 2.85. The summed E-state index contributed by atoms with van der Waals surface area (Å²) in [6.45, 7) is 0.255. The van der Waals surface area contributed by atoms with Gasteiger partial charge in [0.1, 0.15) is 0 Å². The zero-order chi connectivity index (χ0) is 9.26. The summed E-state index contributed by atoms with van der Waals surface area (Å²) in [5.74, 6) is -0.556. The first kappa shape index (κ1) is 7.72. The molecule has 0 fully saturated rings. The quantitative estimate of drug-likeness (QED) is 0.638. The van der Waals surface area contributed by atoms with Crippen molar-refractivity contribution in [1.29, 1.82) is 0 Å². The average Bonchev–Trinajstić information content (AvgIpc) is 2.70. The lowest BCUT2D eigenvalue weighted by Gasteiger charge is -2.11. The van der Waals surface area contributed by atoms with E-state index < -0.39 is 0 Å². The van der Waals surface area contributed by atoms with Gasteiger partial charge in [0.15, 0.2) is 0 Å². The second-order valence-electron chi connectivity index (χ2n) is 2.67. The monoisotopic (exact) mass is 177 g/mol. The largest absolute Gasteiger partial charge is 0.347 e. The summed E-state index contributed by atoms with van der Waals surface area (Å²) < 4.78 is 0. The molecule has 2 heterocycles. The minimum atomic E-state index is -0.278. The Hall–Kier alpha value is -1.91. The lowest BCUT2D eigenvalue weighted by molar-refractivity contribution is -0.137. The lowest BCUT2D eigenvalue weighted by atomic mass is 10.4.